The molecule has 1 N–H and O–H groups in total. The first kappa shape index (κ1) is 23.2. The number of hydrogen-bond donors (Lipinski definition) is 1. The number of benzene rings is 3. The van der Waals surface area contributed by atoms with E-state index in [0.717, 1.165) is 22.4 Å². The molecule has 33 heavy (non-hydrogen) atoms. The summed E-state index contributed by atoms with van der Waals surface area (Å²) in [5, 5.41) is 4.58. The average molecular weight is 499 g/mol. The molecule has 0 aromatic heterocycles. The van der Waals surface area contributed by atoms with Crippen LogP contribution in [0.25, 0.3) is 6.08 Å². The van der Waals surface area contributed by atoms with Crippen molar-refractivity contribution in [2.24, 2.45) is 4.99 Å². The summed E-state index contributed by atoms with van der Waals surface area (Å²) < 4.78 is 11.4. The Morgan fingerprint density at radius 3 is 2.52 bits per heavy atom. The molecule has 1 fully saturated rings. The van der Waals surface area contributed by atoms with Gasteiger partial charge in [-0.15, -0.1) is 0 Å². The van der Waals surface area contributed by atoms with Gasteiger partial charge in [0.2, 0.25) is 0 Å². The smallest absolute Gasteiger partial charge is 0.264 e. The number of amidine groups is 1. The molecule has 4 rings (SSSR count). The van der Waals surface area contributed by atoms with Crippen LogP contribution in [0.15, 0.2) is 70.6 Å². The zero-order valence-corrected chi connectivity index (χ0v) is 20.2. The Balaban J connectivity index is 1.50. The topological polar surface area (TPSA) is 59.9 Å². The molecule has 0 unspecified atom stereocenters. The standard InChI is InChI=1S/C25H20Cl2N2O3S/c1-15-3-7-19(27)13-20(15)28-25-29-24(30)23(33-25)12-17-6-10-21(22(11-17)31-2)32-14-16-4-8-18(26)9-5-16/h3-13H,14H2,1-2H3,(H,28,29,30)/b23-12-. The Morgan fingerprint density at radius 2 is 1.76 bits per heavy atom. The van der Waals surface area contributed by atoms with E-state index < -0.39 is 0 Å². The van der Waals surface area contributed by atoms with Gasteiger partial charge in [-0.2, -0.15) is 0 Å². The number of nitrogens with zero attached hydrogens (tertiary/aromatic N) is 1. The molecule has 8 heteroatoms. The van der Waals surface area contributed by atoms with Crippen molar-refractivity contribution in [1.82, 2.24) is 5.32 Å². The van der Waals surface area contributed by atoms with E-state index in [4.69, 9.17) is 32.7 Å². The molecule has 1 aliphatic rings. The van der Waals surface area contributed by atoms with Crippen molar-refractivity contribution in [2.45, 2.75) is 13.5 Å². The maximum Gasteiger partial charge on any atom is 0.264 e. The van der Waals surface area contributed by atoms with E-state index in [1.54, 1.807) is 19.3 Å². The molecule has 1 amide bonds. The fourth-order valence-corrected chi connectivity index (χ4v) is 4.21. The van der Waals surface area contributed by atoms with E-state index in [9.17, 15) is 4.79 Å². The summed E-state index contributed by atoms with van der Waals surface area (Å²) in [5.74, 6) is 0.974. The minimum Gasteiger partial charge on any atom is -0.493 e. The molecule has 168 valence electrons. The van der Waals surface area contributed by atoms with Crippen LogP contribution in [0.3, 0.4) is 0 Å². The summed E-state index contributed by atoms with van der Waals surface area (Å²) in [5.41, 5.74) is 3.49. The van der Waals surface area contributed by atoms with Crippen LogP contribution in [0, 0.1) is 6.92 Å². The molecule has 1 saturated heterocycles. The second-order valence-electron chi connectivity index (χ2n) is 7.24. The number of ether oxygens (including phenoxy) is 2. The zero-order chi connectivity index (χ0) is 23.4. The third kappa shape index (κ3) is 5.90. The highest BCUT2D eigenvalue weighted by Gasteiger charge is 2.24. The number of rotatable bonds is 6. The number of aliphatic imine (C=N–C) groups is 1. The molecule has 1 aliphatic heterocycles. The van der Waals surface area contributed by atoms with Crippen LogP contribution >= 0.6 is 35.0 Å². The number of amides is 1. The summed E-state index contributed by atoms with van der Waals surface area (Å²) in [7, 11) is 1.58. The van der Waals surface area contributed by atoms with Crippen LogP contribution in [0.2, 0.25) is 10.0 Å². The monoisotopic (exact) mass is 498 g/mol. The van der Waals surface area contributed by atoms with Crippen LogP contribution in [0.5, 0.6) is 11.5 Å². The van der Waals surface area contributed by atoms with Crippen LogP contribution in [-0.4, -0.2) is 18.2 Å². The molecule has 0 spiro atoms. The minimum absolute atomic E-state index is 0.208. The number of carbonyl (C=O) groups is 1. The van der Waals surface area contributed by atoms with E-state index in [-0.39, 0.29) is 5.91 Å². The SMILES string of the molecule is COc1cc(/C=C2\SC(=Nc3cc(Cl)ccc3C)NC2=O)ccc1OCc1ccc(Cl)cc1. The quantitative estimate of drug-likeness (QED) is 0.380. The molecular weight excluding hydrogens is 479 g/mol. The first-order chi connectivity index (χ1) is 15.9. The average Bonchev–Trinajstić information content (AvgIpc) is 3.14. The van der Waals surface area contributed by atoms with Crippen LogP contribution in [0.4, 0.5) is 5.69 Å². The second-order valence-corrected chi connectivity index (χ2v) is 9.14. The number of nitrogens with one attached hydrogen (secondary N) is 1. The lowest BCUT2D eigenvalue weighted by Gasteiger charge is -2.11. The molecule has 1 heterocycles. The maximum absolute atomic E-state index is 12.5. The molecule has 5 nitrogen and oxygen atoms in total. The van der Waals surface area contributed by atoms with Crippen molar-refractivity contribution in [1.29, 1.82) is 0 Å². The Kier molecular flexibility index (Phi) is 7.28. The predicted molar refractivity (Wildman–Crippen MR) is 136 cm³/mol. The summed E-state index contributed by atoms with van der Waals surface area (Å²) in [4.78, 5) is 17.5. The number of halogens is 2. The lowest BCUT2D eigenvalue weighted by Crippen LogP contribution is -2.19. The number of hydrogen-bond acceptors (Lipinski definition) is 5. The van der Waals surface area contributed by atoms with Gasteiger partial charge >= 0.3 is 0 Å². The van der Waals surface area contributed by atoms with Gasteiger partial charge in [0.25, 0.3) is 5.91 Å². The highest BCUT2D eigenvalue weighted by Crippen LogP contribution is 2.33. The van der Waals surface area contributed by atoms with Gasteiger partial charge in [0, 0.05) is 10.0 Å². The molecular formula is C25H20Cl2N2O3S. The van der Waals surface area contributed by atoms with Gasteiger partial charge in [0.1, 0.15) is 6.61 Å². The van der Waals surface area contributed by atoms with Crippen molar-refractivity contribution < 1.29 is 14.3 Å². The van der Waals surface area contributed by atoms with Gasteiger partial charge in [-0.05, 0) is 77.9 Å². The second kappa shape index (κ2) is 10.3. The number of thioether (sulfide) groups is 1. The first-order valence-corrected chi connectivity index (χ1v) is 11.6. The summed E-state index contributed by atoms with van der Waals surface area (Å²) in [6.07, 6.45) is 1.79. The van der Waals surface area contributed by atoms with Crippen molar-refractivity contribution in [3.05, 3.63) is 92.3 Å². The summed E-state index contributed by atoms with van der Waals surface area (Å²) in [6, 6.07) is 18.5. The molecule has 3 aromatic carbocycles. The normalized spacial score (nSPS) is 15.7. The Hall–Kier alpha value is -2.93. The summed E-state index contributed by atoms with van der Waals surface area (Å²) in [6.45, 7) is 2.33. The Morgan fingerprint density at radius 1 is 1.00 bits per heavy atom. The van der Waals surface area contributed by atoms with Crippen molar-refractivity contribution in [3.63, 3.8) is 0 Å². The van der Waals surface area contributed by atoms with E-state index in [1.807, 2.05) is 61.5 Å². The third-order valence-corrected chi connectivity index (χ3v) is 6.23. The lowest BCUT2D eigenvalue weighted by atomic mass is 10.2. The molecule has 0 atom stereocenters. The zero-order valence-electron chi connectivity index (χ0n) is 17.9. The van der Waals surface area contributed by atoms with E-state index >= 15 is 0 Å². The fourth-order valence-electron chi connectivity index (χ4n) is 3.08. The van der Waals surface area contributed by atoms with Crippen molar-refractivity contribution in [2.75, 3.05) is 7.11 Å². The molecule has 0 saturated carbocycles. The van der Waals surface area contributed by atoms with Crippen molar-refractivity contribution in [3.8, 4) is 11.5 Å². The maximum atomic E-state index is 12.5. The predicted octanol–water partition coefficient (Wildman–Crippen LogP) is 6.78. The highest BCUT2D eigenvalue weighted by atomic mass is 35.5. The Bertz CT molecular complexity index is 1260. The third-order valence-electron chi connectivity index (χ3n) is 4.84. The number of methoxy groups -OCH3 is 1. The van der Waals surface area contributed by atoms with Crippen LogP contribution in [-0.2, 0) is 11.4 Å². The van der Waals surface area contributed by atoms with E-state index in [0.29, 0.717) is 38.2 Å². The first-order valence-electron chi connectivity index (χ1n) is 10.0. The fraction of sp³-hybridized carbons (Fsp3) is 0.120. The Labute approximate surface area is 206 Å². The van der Waals surface area contributed by atoms with Gasteiger partial charge in [-0.1, -0.05) is 47.5 Å². The van der Waals surface area contributed by atoms with Gasteiger partial charge in [-0.3, -0.25) is 4.79 Å². The highest BCUT2D eigenvalue weighted by molar-refractivity contribution is 8.18. The minimum atomic E-state index is -0.208. The molecule has 0 bridgehead atoms. The molecule has 0 aliphatic carbocycles. The largest absolute Gasteiger partial charge is 0.493 e. The van der Waals surface area contributed by atoms with Gasteiger partial charge in [0.05, 0.1) is 17.7 Å². The van der Waals surface area contributed by atoms with Crippen LogP contribution < -0.4 is 14.8 Å². The number of aryl methyl sites for hydroxylation is 1. The van der Waals surface area contributed by atoms with E-state index in [2.05, 4.69) is 10.3 Å². The van der Waals surface area contributed by atoms with E-state index in [1.165, 1.54) is 11.8 Å². The number of carbonyl (C=O) groups excluding carboxylic acids is 1. The van der Waals surface area contributed by atoms with Gasteiger partial charge < -0.3 is 14.8 Å². The van der Waals surface area contributed by atoms with Gasteiger partial charge in [-0.25, -0.2) is 4.99 Å². The molecule has 0 radical (unpaired) electrons. The lowest BCUT2D eigenvalue weighted by molar-refractivity contribution is -0.115. The molecule has 3 aromatic rings. The van der Waals surface area contributed by atoms with Gasteiger partial charge in [0.15, 0.2) is 16.7 Å². The van der Waals surface area contributed by atoms with Crippen molar-refractivity contribution >= 4 is 57.8 Å². The summed E-state index contributed by atoms with van der Waals surface area (Å²) >= 11 is 13.3. The van der Waals surface area contributed by atoms with Crippen LogP contribution in [0.1, 0.15) is 16.7 Å².